The summed E-state index contributed by atoms with van der Waals surface area (Å²) in [6.45, 7) is 8.65. The highest BCUT2D eigenvalue weighted by Crippen LogP contribution is 1.91. The average Bonchev–Trinajstić information content (AvgIpc) is 2.05. The molecule has 1 N–H and O–H groups in total. The molecule has 0 bridgehead atoms. The zero-order chi connectivity index (χ0) is 10.1. The van der Waals surface area contributed by atoms with Crippen molar-refractivity contribution < 1.29 is 9.53 Å². The van der Waals surface area contributed by atoms with Crippen LogP contribution in [0.25, 0.3) is 0 Å². The number of ether oxygens (including phenoxy) is 1. The van der Waals surface area contributed by atoms with Crippen molar-refractivity contribution in [3.63, 3.8) is 0 Å². The van der Waals surface area contributed by atoms with Crippen LogP contribution in [-0.4, -0.2) is 25.2 Å². The molecule has 13 heavy (non-hydrogen) atoms. The second-order valence-corrected chi connectivity index (χ2v) is 2.93. The number of esters is 1. The minimum absolute atomic E-state index is 0.138. The predicted octanol–water partition coefficient (Wildman–Crippen LogP) is 1.49. The van der Waals surface area contributed by atoms with Gasteiger partial charge >= 0.3 is 5.97 Å². The quantitative estimate of drug-likeness (QED) is 0.482. The molecule has 0 rings (SSSR count). The molecule has 0 aromatic carbocycles. The van der Waals surface area contributed by atoms with Crippen molar-refractivity contribution in [3.05, 3.63) is 12.7 Å². The van der Waals surface area contributed by atoms with E-state index in [0.717, 1.165) is 6.42 Å². The van der Waals surface area contributed by atoms with Crippen molar-refractivity contribution in [2.24, 2.45) is 0 Å². The molecule has 0 aromatic rings. The fraction of sp³-hybridized carbons (Fsp3) is 0.700. The van der Waals surface area contributed by atoms with Crippen molar-refractivity contribution in [1.29, 1.82) is 0 Å². The van der Waals surface area contributed by atoms with Gasteiger partial charge in [0.2, 0.25) is 0 Å². The van der Waals surface area contributed by atoms with E-state index < -0.39 is 0 Å². The molecular formula is C10H19NO2. The van der Waals surface area contributed by atoms with Crippen molar-refractivity contribution >= 4 is 5.97 Å². The Morgan fingerprint density at radius 1 is 1.69 bits per heavy atom. The molecule has 0 heterocycles. The first-order chi connectivity index (χ1) is 6.20. The molecule has 3 nitrogen and oxygen atoms in total. The zero-order valence-electron chi connectivity index (χ0n) is 8.51. The van der Waals surface area contributed by atoms with Gasteiger partial charge < -0.3 is 10.1 Å². The summed E-state index contributed by atoms with van der Waals surface area (Å²) in [7, 11) is 0. The van der Waals surface area contributed by atoms with Gasteiger partial charge in [0.1, 0.15) is 0 Å². The summed E-state index contributed by atoms with van der Waals surface area (Å²) in [5.41, 5.74) is 0. The normalized spacial score (nSPS) is 12.2. The van der Waals surface area contributed by atoms with Gasteiger partial charge in [0, 0.05) is 12.6 Å². The van der Waals surface area contributed by atoms with Crippen molar-refractivity contribution in [2.45, 2.75) is 32.7 Å². The Kier molecular flexibility index (Phi) is 7.30. The van der Waals surface area contributed by atoms with Crippen LogP contribution in [0, 0.1) is 0 Å². The minimum Gasteiger partial charge on any atom is -0.466 e. The molecule has 0 fully saturated rings. The van der Waals surface area contributed by atoms with Gasteiger partial charge in [0.25, 0.3) is 0 Å². The summed E-state index contributed by atoms with van der Waals surface area (Å²) >= 11 is 0. The molecule has 0 saturated heterocycles. The van der Waals surface area contributed by atoms with Gasteiger partial charge in [-0.15, -0.1) is 6.58 Å². The third-order valence-electron chi connectivity index (χ3n) is 1.65. The molecule has 0 aliphatic heterocycles. The van der Waals surface area contributed by atoms with Crippen LogP contribution in [-0.2, 0) is 9.53 Å². The minimum atomic E-state index is -0.138. The van der Waals surface area contributed by atoms with Gasteiger partial charge in [-0.2, -0.15) is 0 Å². The van der Waals surface area contributed by atoms with E-state index in [0.29, 0.717) is 25.6 Å². The van der Waals surface area contributed by atoms with E-state index >= 15 is 0 Å². The number of nitrogens with one attached hydrogen (secondary N) is 1. The summed E-state index contributed by atoms with van der Waals surface area (Å²) in [5, 5.41) is 3.20. The molecule has 0 aromatic heterocycles. The highest BCUT2D eigenvalue weighted by Gasteiger charge is 2.02. The third kappa shape index (κ3) is 7.53. The number of rotatable bonds is 7. The van der Waals surface area contributed by atoms with Crippen molar-refractivity contribution in [2.75, 3.05) is 13.2 Å². The van der Waals surface area contributed by atoms with Crippen LogP contribution in [0.15, 0.2) is 12.7 Å². The third-order valence-corrected chi connectivity index (χ3v) is 1.65. The van der Waals surface area contributed by atoms with Crippen LogP contribution in [0.2, 0.25) is 0 Å². The van der Waals surface area contributed by atoms with E-state index in [1.165, 1.54) is 0 Å². The zero-order valence-corrected chi connectivity index (χ0v) is 8.51. The van der Waals surface area contributed by atoms with E-state index in [2.05, 4.69) is 18.8 Å². The summed E-state index contributed by atoms with van der Waals surface area (Å²) in [6, 6.07) is 0.381. The molecule has 1 atom stereocenters. The molecule has 0 saturated carbocycles. The number of carbonyl (C=O) groups excluding carboxylic acids is 1. The summed E-state index contributed by atoms with van der Waals surface area (Å²) in [6.07, 6.45) is 3.22. The van der Waals surface area contributed by atoms with Crippen LogP contribution < -0.4 is 5.32 Å². The fourth-order valence-electron chi connectivity index (χ4n) is 0.987. The first kappa shape index (κ1) is 12.2. The van der Waals surface area contributed by atoms with Crippen LogP contribution >= 0.6 is 0 Å². The lowest BCUT2D eigenvalue weighted by Crippen LogP contribution is -2.28. The Morgan fingerprint density at radius 3 is 2.92 bits per heavy atom. The molecular weight excluding hydrogens is 166 g/mol. The van der Waals surface area contributed by atoms with E-state index in [-0.39, 0.29) is 5.97 Å². The monoisotopic (exact) mass is 185 g/mol. The molecule has 0 aliphatic carbocycles. The van der Waals surface area contributed by atoms with Crippen molar-refractivity contribution in [3.8, 4) is 0 Å². The van der Waals surface area contributed by atoms with E-state index in [9.17, 15) is 4.79 Å². The first-order valence-electron chi connectivity index (χ1n) is 4.70. The number of hydrogen-bond donors (Lipinski definition) is 1. The first-order valence-corrected chi connectivity index (χ1v) is 4.70. The van der Waals surface area contributed by atoms with Gasteiger partial charge in [-0.25, -0.2) is 0 Å². The Balaban J connectivity index is 3.33. The molecule has 0 spiro atoms. The topological polar surface area (TPSA) is 38.3 Å². The standard InChI is InChI=1S/C10H19NO2/c1-4-6-9(3)11-8-7-10(12)13-5-2/h4,9,11H,1,5-8H2,2-3H3. The Labute approximate surface area is 80.2 Å². The summed E-state index contributed by atoms with van der Waals surface area (Å²) in [4.78, 5) is 10.9. The van der Waals surface area contributed by atoms with E-state index in [4.69, 9.17) is 4.74 Å². The molecule has 0 amide bonds. The molecule has 0 radical (unpaired) electrons. The van der Waals surface area contributed by atoms with Crippen LogP contribution in [0.4, 0.5) is 0 Å². The Morgan fingerprint density at radius 2 is 2.38 bits per heavy atom. The van der Waals surface area contributed by atoms with Gasteiger partial charge in [0.05, 0.1) is 13.0 Å². The van der Waals surface area contributed by atoms with E-state index in [1.54, 1.807) is 0 Å². The lowest BCUT2D eigenvalue weighted by Gasteiger charge is -2.10. The predicted molar refractivity (Wildman–Crippen MR) is 53.5 cm³/mol. The van der Waals surface area contributed by atoms with Gasteiger partial charge in [0.15, 0.2) is 0 Å². The highest BCUT2D eigenvalue weighted by molar-refractivity contribution is 5.69. The Hall–Kier alpha value is -0.830. The Bertz CT molecular complexity index is 157. The average molecular weight is 185 g/mol. The number of hydrogen-bond acceptors (Lipinski definition) is 3. The smallest absolute Gasteiger partial charge is 0.307 e. The highest BCUT2D eigenvalue weighted by atomic mass is 16.5. The largest absolute Gasteiger partial charge is 0.466 e. The SMILES string of the molecule is C=CCC(C)NCCC(=O)OCC. The maximum atomic E-state index is 10.9. The molecule has 76 valence electrons. The maximum Gasteiger partial charge on any atom is 0.307 e. The lowest BCUT2D eigenvalue weighted by molar-refractivity contribution is -0.142. The summed E-state index contributed by atoms with van der Waals surface area (Å²) in [5.74, 6) is -0.138. The molecule has 1 unspecified atom stereocenters. The van der Waals surface area contributed by atoms with E-state index in [1.807, 2.05) is 13.0 Å². The maximum absolute atomic E-state index is 10.9. The lowest BCUT2D eigenvalue weighted by atomic mass is 10.2. The second kappa shape index (κ2) is 7.80. The molecule has 3 heteroatoms. The van der Waals surface area contributed by atoms with Crippen LogP contribution in [0.3, 0.4) is 0 Å². The van der Waals surface area contributed by atoms with Crippen molar-refractivity contribution in [1.82, 2.24) is 5.32 Å². The fourth-order valence-corrected chi connectivity index (χ4v) is 0.987. The van der Waals surface area contributed by atoms with Gasteiger partial charge in [-0.3, -0.25) is 4.79 Å². The number of carbonyl (C=O) groups is 1. The van der Waals surface area contributed by atoms with Gasteiger partial charge in [-0.05, 0) is 20.3 Å². The van der Waals surface area contributed by atoms with Crippen LogP contribution in [0.1, 0.15) is 26.7 Å². The second-order valence-electron chi connectivity index (χ2n) is 2.93. The van der Waals surface area contributed by atoms with Crippen LogP contribution in [0.5, 0.6) is 0 Å². The summed E-state index contributed by atoms with van der Waals surface area (Å²) < 4.78 is 4.78. The van der Waals surface area contributed by atoms with Gasteiger partial charge in [-0.1, -0.05) is 6.08 Å². The molecule has 0 aliphatic rings.